The van der Waals surface area contributed by atoms with Gasteiger partial charge in [-0.1, -0.05) is 48.2 Å². The average Bonchev–Trinajstić information content (AvgIpc) is 2.38. The fraction of sp³-hybridized carbons (Fsp3) is 0.375. The molecule has 0 bridgehead atoms. The minimum absolute atomic E-state index is 0.337. The van der Waals surface area contributed by atoms with Gasteiger partial charge in [0.2, 0.25) is 0 Å². The van der Waals surface area contributed by atoms with Crippen LogP contribution in [0.5, 0.6) is 0 Å². The molecule has 1 aromatic carbocycles. The highest BCUT2D eigenvalue weighted by Gasteiger charge is 2.02. The second kappa shape index (κ2) is 5.56. The molecule has 0 aromatic heterocycles. The lowest BCUT2D eigenvalue weighted by Gasteiger charge is -2.07. The highest BCUT2D eigenvalue weighted by molar-refractivity contribution is 5.35. The third kappa shape index (κ3) is 3.00. The van der Waals surface area contributed by atoms with E-state index in [4.69, 9.17) is 0 Å². The molecule has 0 N–H and O–H groups in total. The lowest BCUT2D eigenvalue weighted by Crippen LogP contribution is -1.91. The van der Waals surface area contributed by atoms with E-state index < -0.39 is 0 Å². The molecular weight excluding hydrogens is 192 g/mol. The summed E-state index contributed by atoms with van der Waals surface area (Å²) in [5.41, 5.74) is 2.65. The first kappa shape index (κ1) is 11.0. The van der Waals surface area contributed by atoms with Crippen LogP contribution in [0.3, 0.4) is 0 Å². The van der Waals surface area contributed by atoms with Crippen molar-refractivity contribution in [1.82, 2.24) is 0 Å². The van der Waals surface area contributed by atoms with E-state index in [1.165, 1.54) is 36.8 Å². The van der Waals surface area contributed by atoms with Crippen LogP contribution >= 0.6 is 0 Å². The predicted octanol–water partition coefficient (Wildman–Crippen LogP) is 4.29. The summed E-state index contributed by atoms with van der Waals surface area (Å²) < 4.78 is 0. The summed E-state index contributed by atoms with van der Waals surface area (Å²) in [6.07, 6.45) is 7.33. The quantitative estimate of drug-likeness (QED) is 0.606. The summed E-state index contributed by atoms with van der Waals surface area (Å²) in [4.78, 5) is 0. The Hall–Kier alpha value is -1.48. The second-order valence-electron chi connectivity index (χ2n) is 4.38. The Balaban J connectivity index is 2.04. The first-order valence-corrected chi connectivity index (χ1v) is 6.12. The Morgan fingerprint density at radius 1 is 1.12 bits per heavy atom. The average molecular weight is 210 g/mol. The van der Waals surface area contributed by atoms with Crippen molar-refractivity contribution in [3.05, 3.63) is 47.5 Å². The molecule has 0 unspecified atom stereocenters. The summed E-state index contributed by atoms with van der Waals surface area (Å²) >= 11 is 0. The van der Waals surface area contributed by atoms with Gasteiger partial charge in [-0.15, -0.1) is 0 Å². The summed E-state index contributed by atoms with van der Waals surface area (Å²) in [7, 11) is 0. The molecule has 0 heterocycles. The van der Waals surface area contributed by atoms with Gasteiger partial charge in [-0.05, 0) is 43.7 Å². The van der Waals surface area contributed by atoms with E-state index in [1.807, 2.05) is 6.07 Å². The largest absolute Gasteiger partial charge is 0.0903 e. The van der Waals surface area contributed by atoms with E-state index in [2.05, 4.69) is 49.1 Å². The summed E-state index contributed by atoms with van der Waals surface area (Å²) in [6.45, 7) is 2.17. The van der Waals surface area contributed by atoms with Crippen molar-refractivity contribution in [2.75, 3.05) is 0 Å². The van der Waals surface area contributed by atoms with Crippen LogP contribution in [-0.2, 0) is 0 Å². The maximum atomic E-state index is 3.35. The molecule has 0 saturated heterocycles. The van der Waals surface area contributed by atoms with Crippen LogP contribution in [0.4, 0.5) is 0 Å². The summed E-state index contributed by atoms with van der Waals surface area (Å²) in [5, 5.41) is 0. The minimum Gasteiger partial charge on any atom is -0.0903 e. The van der Waals surface area contributed by atoms with Crippen LogP contribution in [0.2, 0.25) is 0 Å². The topological polar surface area (TPSA) is 0 Å². The molecule has 1 aliphatic carbocycles. The zero-order valence-corrected chi connectivity index (χ0v) is 9.87. The molecule has 0 heteroatoms. The monoisotopic (exact) mass is 210 g/mol. The van der Waals surface area contributed by atoms with Gasteiger partial charge in [0.15, 0.2) is 0 Å². The van der Waals surface area contributed by atoms with Gasteiger partial charge in [0.25, 0.3) is 0 Å². The van der Waals surface area contributed by atoms with Gasteiger partial charge in [-0.25, -0.2) is 0 Å². The van der Waals surface area contributed by atoms with Crippen LogP contribution < -0.4 is 0 Å². The van der Waals surface area contributed by atoms with E-state index in [0.29, 0.717) is 5.92 Å². The Labute approximate surface area is 98.4 Å². The lowest BCUT2D eigenvalue weighted by atomic mass is 9.97. The van der Waals surface area contributed by atoms with Crippen molar-refractivity contribution in [2.45, 2.75) is 38.5 Å². The van der Waals surface area contributed by atoms with Crippen LogP contribution in [0.15, 0.2) is 42.0 Å². The SMILES string of the molecule is C[C@@H](C#CC1=CCCCC1)c1ccccc1. The van der Waals surface area contributed by atoms with Gasteiger partial charge in [-0.3, -0.25) is 0 Å². The number of benzene rings is 1. The van der Waals surface area contributed by atoms with Crippen molar-refractivity contribution >= 4 is 0 Å². The maximum absolute atomic E-state index is 3.35. The van der Waals surface area contributed by atoms with Gasteiger partial charge in [-0.2, -0.15) is 0 Å². The molecule has 1 aromatic rings. The molecule has 82 valence electrons. The second-order valence-corrected chi connectivity index (χ2v) is 4.38. The smallest absolute Gasteiger partial charge is 0.0427 e. The maximum Gasteiger partial charge on any atom is 0.0427 e. The van der Waals surface area contributed by atoms with E-state index in [1.54, 1.807) is 0 Å². The van der Waals surface area contributed by atoms with Crippen LogP contribution in [0.1, 0.15) is 44.1 Å². The first-order valence-electron chi connectivity index (χ1n) is 6.12. The Morgan fingerprint density at radius 2 is 1.94 bits per heavy atom. The highest BCUT2D eigenvalue weighted by atomic mass is 14.1. The van der Waals surface area contributed by atoms with Crippen LogP contribution in [0, 0.1) is 11.8 Å². The van der Waals surface area contributed by atoms with Crippen molar-refractivity contribution in [1.29, 1.82) is 0 Å². The minimum atomic E-state index is 0.337. The Kier molecular flexibility index (Phi) is 3.83. The third-order valence-electron chi connectivity index (χ3n) is 3.04. The number of hydrogen-bond acceptors (Lipinski definition) is 0. The van der Waals surface area contributed by atoms with Crippen molar-refractivity contribution < 1.29 is 0 Å². The van der Waals surface area contributed by atoms with E-state index >= 15 is 0 Å². The molecule has 1 atom stereocenters. The number of allylic oxidation sites excluding steroid dienone is 2. The predicted molar refractivity (Wildman–Crippen MR) is 69.2 cm³/mol. The molecule has 0 fully saturated rings. The fourth-order valence-corrected chi connectivity index (χ4v) is 1.98. The zero-order valence-electron chi connectivity index (χ0n) is 9.87. The lowest BCUT2D eigenvalue weighted by molar-refractivity contribution is 0.715. The van der Waals surface area contributed by atoms with Crippen molar-refractivity contribution in [3.63, 3.8) is 0 Å². The fourth-order valence-electron chi connectivity index (χ4n) is 1.98. The Morgan fingerprint density at radius 3 is 2.62 bits per heavy atom. The van der Waals surface area contributed by atoms with Gasteiger partial charge in [0.1, 0.15) is 0 Å². The van der Waals surface area contributed by atoms with Crippen LogP contribution in [-0.4, -0.2) is 0 Å². The summed E-state index contributed by atoms with van der Waals surface area (Å²) in [6, 6.07) is 10.5. The molecule has 0 saturated carbocycles. The number of rotatable bonds is 1. The standard InChI is InChI=1S/C16H18/c1-14(16-10-6-3-7-11-16)12-13-15-8-4-2-5-9-15/h3,6-8,10-11,14H,2,4-5,9H2,1H3/t14-/m0/s1. The Bertz CT molecular complexity index is 414. The molecule has 2 rings (SSSR count). The molecule has 0 radical (unpaired) electrons. The molecule has 1 aliphatic rings. The molecule has 16 heavy (non-hydrogen) atoms. The summed E-state index contributed by atoms with van der Waals surface area (Å²) in [5.74, 6) is 7.02. The first-order chi connectivity index (χ1) is 7.86. The van der Waals surface area contributed by atoms with E-state index in [9.17, 15) is 0 Å². The molecule has 0 aliphatic heterocycles. The van der Waals surface area contributed by atoms with Gasteiger partial charge >= 0.3 is 0 Å². The normalized spacial score (nSPS) is 16.9. The van der Waals surface area contributed by atoms with Gasteiger partial charge in [0.05, 0.1) is 0 Å². The molecular formula is C16H18. The van der Waals surface area contributed by atoms with Gasteiger partial charge in [0, 0.05) is 5.92 Å². The number of hydrogen-bond donors (Lipinski definition) is 0. The third-order valence-corrected chi connectivity index (χ3v) is 3.04. The van der Waals surface area contributed by atoms with Crippen molar-refractivity contribution in [2.24, 2.45) is 0 Å². The van der Waals surface area contributed by atoms with Crippen LogP contribution in [0.25, 0.3) is 0 Å². The molecule has 0 amide bonds. The van der Waals surface area contributed by atoms with Gasteiger partial charge < -0.3 is 0 Å². The van der Waals surface area contributed by atoms with E-state index in [-0.39, 0.29) is 0 Å². The highest BCUT2D eigenvalue weighted by Crippen LogP contribution is 2.18. The van der Waals surface area contributed by atoms with E-state index in [0.717, 1.165) is 0 Å². The molecule has 0 spiro atoms. The van der Waals surface area contributed by atoms with Crippen molar-refractivity contribution in [3.8, 4) is 11.8 Å². The zero-order chi connectivity index (χ0) is 11.2. The molecule has 0 nitrogen and oxygen atoms in total.